The summed E-state index contributed by atoms with van der Waals surface area (Å²) < 4.78 is 25.6. The molecule has 1 rings (SSSR count). The predicted molar refractivity (Wildman–Crippen MR) is 71.7 cm³/mol. The van der Waals surface area contributed by atoms with Crippen LogP contribution in [0.1, 0.15) is 46.0 Å². The molecule has 1 atom stereocenters. The molecule has 1 aliphatic heterocycles. The van der Waals surface area contributed by atoms with Gasteiger partial charge in [-0.15, -0.1) is 0 Å². The summed E-state index contributed by atoms with van der Waals surface area (Å²) in [4.78, 5) is 12.3. The maximum Gasteiger partial charge on any atom is 0.240 e. The van der Waals surface area contributed by atoms with Gasteiger partial charge in [-0.25, -0.2) is 8.42 Å². The number of carbonyl (C=O) groups excluding carboxylic acids is 1. The maximum atomic E-state index is 12.3. The highest BCUT2D eigenvalue weighted by Crippen LogP contribution is 2.32. The van der Waals surface area contributed by atoms with Crippen LogP contribution in [0.3, 0.4) is 0 Å². The Kier molecular flexibility index (Phi) is 5.59. The van der Waals surface area contributed by atoms with Crippen LogP contribution in [0.15, 0.2) is 0 Å². The molecule has 0 radical (unpaired) electrons. The van der Waals surface area contributed by atoms with E-state index in [-0.39, 0.29) is 11.7 Å². The highest BCUT2D eigenvalue weighted by Gasteiger charge is 2.40. The first-order valence-electron chi connectivity index (χ1n) is 6.71. The second-order valence-corrected chi connectivity index (χ2v) is 6.90. The van der Waals surface area contributed by atoms with Gasteiger partial charge in [-0.1, -0.05) is 20.3 Å². The summed E-state index contributed by atoms with van der Waals surface area (Å²) >= 11 is 0. The van der Waals surface area contributed by atoms with Crippen LogP contribution in [-0.2, 0) is 14.8 Å². The third-order valence-electron chi connectivity index (χ3n) is 3.40. The molecular formula is C12H24N2O3S. The van der Waals surface area contributed by atoms with Gasteiger partial charge in [0.25, 0.3) is 0 Å². The zero-order chi connectivity index (χ0) is 13.6. The van der Waals surface area contributed by atoms with Crippen molar-refractivity contribution in [2.45, 2.75) is 46.0 Å². The van der Waals surface area contributed by atoms with Crippen molar-refractivity contribution in [3.05, 3.63) is 0 Å². The molecule has 1 fully saturated rings. The Balaban J connectivity index is 2.77. The van der Waals surface area contributed by atoms with Gasteiger partial charge in [0.2, 0.25) is 15.9 Å². The first kappa shape index (κ1) is 15.4. The van der Waals surface area contributed by atoms with Crippen molar-refractivity contribution in [1.82, 2.24) is 10.0 Å². The molecule has 1 saturated heterocycles. The van der Waals surface area contributed by atoms with E-state index in [0.717, 1.165) is 32.2 Å². The molecule has 1 amide bonds. The minimum absolute atomic E-state index is 0.00831. The third kappa shape index (κ3) is 3.95. The molecule has 106 valence electrons. The summed E-state index contributed by atoms with van der Waals surface area (Å²) in [7, 11) is -3.46. The van der Waals surface area contributed by atoms with E-state index in [4.69, 9.17) is 0 Å². The Bertz CT molecular complexity index is 367. The molecule has 1 unspecified atom stereocenters. The number of sulfonamides is 1. The molecule has 1 aliphatic rings. The van der Waals surface area contributed by atoms with Crippen molar-refractivity contribution in [1.29, 1.82) is 0 Å². The Morgan fingerprint density at radius 2 is 2.06 bits per heavy atom. The fourth-order valence-electron chi connectivity index (χ4n) is 2.54. The first-order chi connectivity index (χ1) is 8.46. The van der Waals surface area contributed by atoms with Gasteiger partial charge in [-0.2, -0.15) is 0 Å². The Morgan fingerprint density at radius 1 is 1.33 bits per heavy atom. The average molecular weight is 276 g/mol. The van der Waals surface area contributed by atoms with Crippen LogP contribution in [-0.4, -0.2) is 33.2 Å². The molecule has 0 spiro atoms. The lowest BCUT2D eigenvalue weighted by Crippen LogP contribution is -2.52. The van der Waals surface area contributed by atoms with Crippen molar-refractivity contribution >= 4 is 15.9 Å². The van der Waals surface area contributed by atoms with Gasteiger partial charge in [-0.05, 0) is 32.2 Å². The van der Waals surface area contributed by atoms with Crippen LogP contribution >= 0.6 is 0 Å². The van der Waals surface area contributed by atoms with E-state index < -0.39 is 15.4 Å². The van der Waals surface area contributed by atoms with Gasteiger partial charge >= 0.3 is 0 Å². The predicted octanol–water partition coefficient (Wildman–Crippen LogP) is 1.01. The molecule has 0 aliphatic carbocycles. The fourth-order valence-corrected chi connectivity index (χ4v) is 3.67. The van der Waals surface area contributed by atoms with Crippen LogP contribution in [0.4, 0.5) is 0 Å². The minimum Gasteiger partial charge on any atom is -0.316 e. The SMILES string of the molecule is CCCC1(C(=O)NS(=O)(=O)CCC)CCCNC1. The number of hydrogen-bond acceptors (Lipinski definition) is 4. The van der Waals surface area contributed by atoms with E-state index >= 15 is 0 Å². The molecule has 0 saturated carbocycles. The monoisotopic (exact) mass is 276 g/mol. The van der Waals surface area contributed by atoms with Crippen LogP contribution in [0, 0.1) is 5.41 Å². The molecule has 0 bridgehead atoms. The van der Waals surface area contributed by atoms with Crippen LogP contribution < -0.4 is 10.0 Å². The van der Waals surface area contributed by atoms with Gasteiger partial charge in [0, 0.05) is 6.54 Å². The minimum atomic E-state index is -3.46. The second kappa shape index (κ2) is 6.52. The zero-order valence-electron chi connectivity index (χ0n) is 11.3. The molecule has 5 nitrogen and oxygen atoms in total. The summed E-state index contributed by atoms with van der Waals surface area (Å²) in [5.74, 6) is -0.320. The average Bonchev–Trinajstić information content (AvgIpc) is 2.29. The molecule has 0 aromatic carbocycles. The lowest BCUT2D eigenvalue weighted by atomic mass is 9.76. The van der Waals surface area contributed by atoms with Gasteiger partial charge in [0.15, 0.2) is 0 Å². The highest BCUT2D eigenvalue weighted by molar-refractivity contribution is 7.90. The molecule has 2 N–H and O–H groups in total. The standard InChI is InChI=1S/C12H24N2O3S/c1-3-6-12(7-5-8-13-10-12)11(15)14-18(16,17)9-4-2/h13H,3-10H2,1-2H3,(H,14,15). The second-order valence-electron chi connectivity index (χ2n) is 5.06. The number of piperidine rings is 1. The van der Waals surface area contributed by atoms with E-state index in [9.17, 15) is 13.2 Å². The van der Waals surface area contributed by atoms with E-state index in [1.165, 1.54) is 0 Å². The molecule has 0 aromatic rings. The lowest BCUT2D eigenvalue weighted by molar-refractivity contribution is -0.130. The number of carbonyl (C=O) groups is 1. The van der Waals surface area contributed by atoms with E-state index in [0.29, 0.717) is 13.0 Å². The van der Waals surface area contributed by atoms with Crippen molar-refractivity contribution in [2.75, 3.05) is 18.8 Å². The van der Waals surface area contributed by atoms with Crippen LogP contribution in [0.2, 0.25) is 0 Å². The van der Waals surface area contributed by atoms with Crippen LogP contribution in [0.25, 0.3) is 0 Å². The normalized spacial score (nSPS) is 24.8. The summed E-state index contributed by atoms with van der Waals surface area (Å²) in [6, 6.07) is 0. The summed E-state index contributed by atoms with van der Waals surface area (Å²) in [6.07, 6.45) is 3.81. The van der Waals surface area contributed by atoms with E-state index in [1.54, 1.807) is 6.92 Å². The molecule has 6 heteroatoms. The summed E-state index contributed by atoms with van der Waals surface area (Å²) in [6.45, 7) is 5.28. The van der Waals surface area contributed by atoms with E-state index in [2.05, 4.69) is 10.0 Å². The molecule has 18 heavy (non-hydrogen) atoms. The van der Waals surface area contributed by atoms with Crippen molar-refractivity contribution in [3.8, 4) is 0 Å². The fraction of sp³-hybridized carbons (Fsp3) is 0.917. The Hall–Kier alpha value is -0.620. The van der Waals surface area contributed by atoms with Gasteiger partial charge in [0.05, 0.1) is 11.2 Å². The van der Waals surface area contributed by atoms with Crippen LogP contribution in [0.5, 0.6) is 0 Å². The van der Waals surface area contributed by atoms with E-state index in [1.807, 2.05) is 6.92 Å². The summed E-state index contributed by atoms with van der Waals surface area (Å²) in [5.41, 5.74) is -0.548. The lowest BCUT2D eigenvalue weighted by Gasteiger charge is -2.35. The quantitative estimate of drug-likeness (QED) is 0.759. The largest absolute Gasteiger partial charge is 0.316 e. The Morgan fingerprint density at radius 3 is 2.56 bits per heavy atom. The van der Waals surface area contributed by atoms with Crippen molar-refractivity contribution in [2.24, 2.45) is 5.41 Å². The summed E-state index contributed by atoms with van der Waals surface area (Å²) in [5, 5.41) is 3.20. The zero-order valence-corrected chi connectivity index (χ0v) is 12.1. The maximum absolute atomic E-state index is 12.3. The topological polar surface area (TPSA) is 75.3 Å². The van der Waals surface area contributed by atoms with Gasteiger partial charge in [-0.3, -0.25) is 9.52 Å². The first-order valence-corrected chi connectivity index (χ1v) is 8.36. The molecule has 1 heterocycles. The molecule has 0 aromatic heterocycles. The number of hydrogen-bond donors (Lipinski definition) is 2. The van der Waals surface area contributed by atoms with Gasteiger partial charge < -0.3 is 5.32 Å². The number of nitrogens with one attached hydrogen (secondary N) is 2. The van der Waals surface area contributed by atoms with Crippen molar-refractivity contribution < 1.29 is 13.2 Å². The third-order valence-corrected chi connectivity index (χ3v) is 4.85. The smallest absolute Gasteiger partial charge is 0.240 e. The highest BCUT2D eigenvalue weighted by atomic mass is 32.2. The number of rotatable bonds is 6. The van der Waals surface area contributed by atoms with Gasteiger partial charge in [0.1, 0.15) is 0 Å². The molecular weight excluding hydrogens is 252 g/mol. The van der Waals surface area contributed by atoms with Crippen molar-refractivity contribution in [3.63, 3.8) is 0 Å². The Labute approximate surface area is 110 Å². The number of amides is 1.